The van der Waals surface area contributed by atoms with Crippen LogP contribution in [0.3, 0.4) is 0 Å². The molecule has 3 N–H and O–H groups in total. The van der Waals surface area contributed by atoms with E-state index in [0.717, 1.165) is 6.07 Å². The van der Waals surface area contributed by atoms with Crippen LogP contribution in [0.4, 0.5) is 26.2 Å². The summed E-state index contributed by atoms with van der Waals surface area (Å²) >= 11 is 6.06. The first-order valence-corrected chi connectivity index (χ1v) is 8.53. The first-order chi connectivity index (χ1) is 13.9. The quantitative estimate of drug-likeness (QED) is 0.505. The maximum absolute atomic E-state index is 14.3. The van der Waals surface area contributed by atoms with Crippen LogP contribution < -0.4 is 15.4 Å². The predicted molar refractivity (Wildman–Crippen MR) is 100 cm³/mol. The number of halogens is 3. The van der Waals surface area contributed by atoms with Crippen LogP contribution in [0.25, 0.3) is 0 Å². The Morgan fingerprint density at radius 3 is 2.86 bits per heavy atom. The predicted octanol–water partition coefficient (Wildman–Crippen LogP) is 3.05. The minimum Gasteiger partial charge on any atom is -0.494 e. The second-order valence-electron chi connectivity index (χ2n) is 5.73. The number of ether oxygens (including phenoxy) is 1. The monoisotopic (exact) mass is 424 g/mol. The van der Waals surface area contributed by atoms with Gasteiger partial charge < -0.3 is 20.5 Å². The topological polar surface area (TPSA) is 114 Å². The van der Waals surface area contributed by atoms with Crippen molar-refractivity contribution in [3.05, 3.63) is 52.9 Å². The molecule has 0 spiro atoms. The molecule has 0 aliphatic rings. The largest absolute Gasteiger partial charge is 0.494 e. The molecular weight excluding hydrogens is 410 g/mol. The first kappa shape index (κ1) is 20.3. The van der Waals surface area contributed by atoms with Crippen LogP contribution in [0.1, 0.15) is 5.56 Å². The lowest BCUT2D eigenvalue weighted by Gasteiger charge is -2.12. The zero-order valence-electron chi connectivity index (χ0n) is 15.0. The van der Waals surface area contributed by atoms with Gasteiger partial charge in [-0.2, -0.15) is 10.1 Å². The Morgan fingerprint density at radius 2 is 2.14 bits per heavy atom. The third-order valence-corrected chi connectivity index (χ3v) is 4.01. The summed E-state index contributed by atoms with van der Waals surface area (Å²) in [5.41, 5.74) is 0.216. The second kappa shape index (κ2) is 8.69. The number of carboxylic acid groups (broad SMARTS) is 1. The molecule has 12 heteroatoms. The van der Waals surface area contributed by atoms with Gasteiger partial charge in [-0.25, -0.2) is 13.8 Å². The molecule has 0 bridgehead atoms. The molecule has 0 saturated heterocycles. The van der Waals surface area contributed by atoms with Crippen molar-refractivity contribution >= 4 is 35.0 Å². The molecule has 0 fully saturated rings. The Labute approximate surface area is 168 Å². The van der Waals surface area contributed by atoms with Crippen molar-refractivity contribution in [2.24, 2.45) is 0 Å². The van der Waals surface area contributed by atoms with Crippen LogP contribution in [-0.4, -0.2) is 37.9 Å². The number of carbonyl (C=O) groups is 1. The smallest absolute Gasteiger partial charge is 0.325 e. The fourth-order valence-corrected chi connectivity index (χ4v) is 2.56. The Morgan fingerprint density at radius 1 is 1.34 bits per heavy atom. The lowest BCUT2D eigenvalue weighted by atomic mass is 10.2. The number of benzene rings is 1. The summed E-state index contributed by atoms with van der Waals surface area (Å²) in [6, 6.07) is 2.29. The molecule has 1 aromatic carbocycles. The van der Waals surface area contributed by atoms with Crippen LogP contribution in [0, 0.1) is 11.6 Å². The molecule has 29 heavy (non-hydrogen) atoms. The van der Waals surface area contributed by atoms with Crippen molar-refractivity contribution in [3.63, 3.8) is 0 Å². The third-order valence-electron chi connectivity index (χ3n) is 3.73. The van der Waals surface area contributed by atoms with Gasteiger partial charge in [-0.05, 0) is 12.1 Å². The van der Waals surface area contributed by atoms with Crippen molar-refractivity contribution in [1.82, 2.24) is 19.7 Å². The van der Waals surface area contributed by atoms with E-state index in [1.165, 1.54) is 36.4 Å². The van der Waals surface area contributed by atoms with Crippen LogP contribution in [0.15, 0.2) is 30.7 Å². The molecule has 0 saturated carbocycles. The molecule has 2 heterocycles. The second-order valence-corrected chi connectivity index (χ2v) is 6.14. The highest BCUT2D eigenvalue weighted by atomic mass is 35.5. The summed E-state index contributed by atoms with van der Waals surface area (Å²) in [4.78, 5) is 18.9. The van der Waals surface area contributed by atoms with Crippen molar-refractivity contribution in [3.8, 4) is 5.75 Å². The molecule has 0 unspecified atom stereocenters. The van der Waals surface area contributed by atoms with Gasteiger partial charge in [0.1, 0.15) is 17.4 Å². The Hall–Kier alpha value is -3.47. The normalized spacial score (nSPS) is 10.6. The van der Waals surface area contributed by atoms with E-state index >= 15 is 0 Å². The lowest BCUT2D eigenvalue weighted by molar-refractivity contribution is -0.137. The van der Waals surface area contributed by atoms with E-state index in [1.807, 2.05) is 0 Å². The van der Waals surface area contributed by atoms with Gasteiger partial charge >= 0.3 is 5.97 Å². The molecule has 0 aliphatic heterocycles. The molecular formula is C17H15ClF2N6O3. The summed E-state index contributed by atoms with van der Waals surface area (Å²) in [6.45, 7) is -0.533. The number of rotatable bonds is 8. The Kier molecular flexibility index (Phi) is 6.07. The SMILES string of the molecule is COc1ccc(F)c(CNc2nc(Nc3cnn(CC(=O)O)c3)ncc2Cl)c1F. The molecule has 2 aromatic heterocycles. The summed E-state index contributed by atoms with van der Waals surface area (Å²) in [7, 11) is 1.28. The van der Waals surface area contributed by atoms with Gasteiger partial charge in [0.25, 0.3) is 0 Å². The number of methoxy groups -OCH3 is 1. The average molecular weight is 425 g/mol. The maximum atomic E-state index is 14.3. The lowest BCUT2D eigenvalue weighted by Crippen LogP contribution is -2.09. The van der Waals surface area contributed by atoms with E-state index < -0.39 is 17.6 Å². The van der Waals surface area contributed by atoms with E-state index in [0.29, 0.717) is 5.69 Å². The molecule has 0 radical (unpaired) electrons. The number of nitrogens with one attached hydrogen (secondary N) is 2. The molecule has 152 valence electrons. The van der Waals surface area contributed by atoms with Gasteiger partial charge in [0.15, 0.2) is 17.4 Å². The van der Waals surface area contributed by atoms with Crippen LogP contribution >= 0.6 is 11.6 Å². The average Bonchev–Trinajstić information content (AvgIpc) is 3.10. The molecule has 0 aliphatic carbocycles. The summed E-state index contributed by atoms with van der Waals surface area (Å²) in [5, 5.41) is 18.4. The van der Waals surface area contributed by atoms with Gasteiger partial charge in [0.05, 0.1) is 25.2 Å². The van der Waals surface area contributed by atoms with Crippen molar-refractivity contribution < 1.29 is 23.4 Å². The molecule has 9 nitrogen and oxygen atoms in total. The number of nitrogens with zero attached hydrogens (tertiary/aromatic N) is 4. The van der Waals surface area contributed by atoms with Crippen LogP contribution in [0.5, 0.6) is 5.75 Å². The zero-order valence-corrected chi connectivity index (χ0v) is 15.7. The molecule has 3 rings (SSSR count). The fraction of sp³-hybridized carbons (Fsp3) is 0.176. The van der Waals surface area contributed by atoms with Gasteiger partial charge in [0.2, 0.25) is 5.95 Å². The Balaban J connectivity index is 1.75. The highest BCUT2D eigenvalue weighted by Gasteiger charge is 2.15. The minimum atomic E-state index is -1.04. The van der Waals surface area contributed by atoms with Gasteiger partial charge in [0, 0.05) is 18.3 Å². The highest BCUT2D eigenvalue weighted by molar-refractivity contribution is 6.32. The number of aromatic nitrogens is 4. The minimum absolute atomic E-state index is 0.0855. The van der Waals surface area contributed by atoms with Gasteiger partial charge in [-0.15, -0.1) is 0 Å². The van der Waals surface area contributed by atoms with E-state index in [-0.39, 0.29) is 41.2 Å². The number of carboxylic acids is 1. The Bertz CT molecular complexity index is 1050. The number of hydrogen-bond donors (Lipinski definition) is 3. The summed E-state index contributed by atoms with van der Waals surface area (Å²) in [5.74, 6) is -2.43. The van der Waals surface area contributed by atoms with Crippen molar-refractivity contribution in [1.29, 1.82) is 0 Å². The fourth-order valence-electron chi connectivity index (χ4n) is 2.40. The highest BCUT2D eigenvalue weighted by Crippen LogP contribution is 2.26. The van der Waals surface area contributed by atoms with Crippen LogP contribution in [0.2, 0.25) is 5.02 Å². The zero-order chi connectivity index (χ0) is 21.0. The maximum Gasteiger partial charge on any atom is 0.325 e. The van der Waals surface area contributed by atoms with Crippen LogP contribution in [-0.2, 0) is 17.9 Å². The molecule has 3 aromatic rings. The van der Waals surface area contributed by atoms with E-state index in [1.54, 1.807) is 0 Å². The molecule has 0 atom stereocenters. The van der Waals surface area contributed by atoms with E-state index in [9.17, 15) is 13.6 Å². The number of aliphatic carboxylic acids is 1. The van der Waals surface area contributed by atoms with E-state index in [2.05, 4.69) is 25.7 Å². The number of anilines is 3. The summed E-state index contributed by atoms with van der Waals surface area (Å²) in [6.07, 6.45) is 4.16. The van der Waals surface area contributed by atoms with Gasteiger partial charge in [-0.3, -0.25) is 9.48 Å². The number of hydrogen-bond acceptors (Lipinski definition) is 7. The van der Waals surface area contributed by atoms with E-state index in [4.69, 9.17) is 21.4 Å². The van der Waals surface area contributed by atoms with Crippen molar-refractivity contribution in [2.75, 3.05) is 17.7 Å². The standard InChI is InChI=1S/C17H15ClF2N6O3/c1-29-13-3-2-12(19)10(15(13)20)5-21-16-11(18)6-22-17(25-16)24-9-4-23-26(7-9)8-14(27)28/h2-4,6-7H,5,8H2,1H3,(H,27,28)(H2,21,22,24,25). The third kappa shape index (κ3) is 4.88. The first-order valence-electron chi connectivity index (χ1n) is 8.16. The molecule has 0 amide bonds. The summed E-state index contributed by atoms with van der Waals surface area (Å²) < 4.78 is 34.3. The van der Waals surface area contributed by atoms with Gasteiger partial charge in [-0.1, -0.05) is 11.6 Å². The van der Waals surface area contributed by atoms with Crippen molar-refractivity contribution in [2.45, 2.75) is 13.1 Å².